The number of hydrogen-bond donors (Lipinski definition) is 0. The van der Waals surface area contributed by atoms with E-state index in [1.807, 2.05) is 44.2 Å². The van der Waals surface area contributed by atoms with Crippen molar-refractivity contribution in [3.63, 3.8) is 0 Å². The molecule has 1 heterocycles. The SMILES string of the molecule is C=C(C)CN(Cc1ccccc1)C(=O)c1cnn(CCC#N)c1C. The molecule has 0 saturated carbocycles. The lowest BCUT2D eigenvalue weighted by molar-refractivity contribution is 0.0757. The van der Waals surface area contributed by atoms with Gasteiger partial charge in [-0.2, -0.15) is 10.4 Å². The number of rotatable bonds is 7. The van der Waals surface area contributed by atoms with Crippen LogP contribution in [0.15, 0.2) is 48.7 Å². The summed E-state index contributed by atoms with van der Waals surface area (Å²) in [5.41, 5.74) is 3.36. The summed E-state index contributed by atoms with van der Waals surface area (Å²) in [6.07, 6.45) is 1.96. The normalized spacial score (nSPS) is 10.2. The fourth-order valence-electron chi connectivity index (χ4n) is 2.54. The van der Waals surface area contributed by atoms with E-state index in [0.717, 1.165) is 16.8 Å². The maximum atomic E-state index is 13.0. The summed E-state index contributed by atoms with van der Waals surface area (Å²) in [5.74, 6) is -0.0671. The minimum Gasteiger partial charge on any atom is -0.330 e. The van der Waals surface area contributed by atoms with Crippen molar-refractivity contribution in [3.05, 3.63) is 65.5 Å². The quantitative estimate of drug-likeness (QED) is 0.735. The standard InChI is InChI=1S/C19H22N4O/c1-15(2)13-22(14-17-8-5-4-6-9-17)19(24)18-12-21-23(16(18)3)11-7-10-20/h4-6,8-9,12H,1,7,11,13-14H2,2-3H3. The molecular weight excluding hydrogens is 300 g/mol. The van der Waals surface area contributed by atoms with Gasteiger partial charge < -0.3 is 4.90 Å². The van der Waals surface area contributed by atoms with Crippen molar-refractivity contribution in [2.24, 2.45) is 0 Å². The van der Waals surface area contributed by atoms with Gasteiger partial charge in [0.2, 0.25) is 0 Å². The zero-order valence-corrected chi connectivity index (χ0v) is 14.2. The van der Waals surface area contributed by atoms with E-state index in [1.165, 1.54) is 0 Å². The van der Waals surface area contributed by atoms with E-state index in [2.05, 4.69) is 17.7 Å². The van der Waals surface area contributed by atoms with Crippen molar-refractivity contribution >= 4 is 5.91 Å². The topological polar surface area (TPSA) is 61.9 Å². The number of hydrogen-bond acceptors (Lipinski definition) is 3. The van der Waals surface area contributed by atoms with E-state index in [-0.39, 0.29) is 5.91 Å². The molecule has 0 aliphatic carbocycles. The lowest BCUT2D eigenvalue weighted by Gasteiger charge is -2.23. The Labute approximate surface area is 142 Å². The number of aryl methyl sites for hydroxylation is 1. The van der Waals surface area contributed by atoms with Crippen molar-refractivity contribution in [1.29, 1.82) is 5.26 Å². The van der Waals surface area contributed by atoms with Gasteiger partial charge in [-0.1, -0.05) is 42.5 Å². The molecule has 2 aromatic rings. The maximum Gasteiger partial charge on any atom is 0.257 e. The van der Waals surface area contributed by atoms with Crippen molar-refractivity contribution in [2.75, 3.05) is 6.54 Å². The molecule has 0 N–H and O–H groups in total. The number of amides is 1. The molecule has 0 unspecified atom stereocenters. The molecule has 0 fully saturated rings. The highest BCUT2D eigenvalue weighted by Crippen LogP contribution is 2.15. The lowest BCUT2D eigenvalue weighted by atomic mass is 10.1. The molecule has 1 aromatic heterocycles. The van der Waals surface area contributed by atoms with Crippen molar-refractivity contribution in [1.82, 2.24) is 14.7 Å². The minimum absolute atomic E-state index is 0.0671. The van der Waals surface area contributed by atoms with Crippen LogP contribution in [-0.4, -0.2) is 27.1 Å². The average Bonchev–Trinajstić information content (AvgIpc) is 2.93. The highest BCUT2D eigenvalue weighted by atomic mass is 16.2. The fraction of sp³-hybridized carbons (Fsp3) is 0.316. The zero-order chi connectivity index (χ0) is 17.5. The molecule has 2 rings (SSSR count). The maximum absolute atomic E-state index is 13.0. The zero-order valence-electron chi connectivity index (χ0n) is 14.2. The van der Waals surface area contributed by atoms with Gasteiger partial charge in [-0.15, -0.1) is 0 Å². The Balaban J connectivity index is 2.23. The van der Waals surface area contributed by atoms with Gasteiger partial charge in [0.1, 0.15) is 0 Å². The lowest BCUT2D eigenvalue weighted by Crippen LogP contribution is -2.32. The van der Waals surface area contributed by atoms with Crippen LogP contribution in [0, 0.1) is 18.3 Å². The van der Waals surface area contributed by atoms with Gasteiger partial charge in [-0.25, -0.2) is 0 Å². The number of aromatic nitrogens is 2. The molecule has 124 valence electrons. The third kappa shape index (κ3) is 4.32. The van der Waals surface area contributed by atoms with Gasteiger partial charge >= 0.3 is 0 Å². The van der Waals surface area contributed by atoms with E-state index in [0.29, 0.717) is 31.6 Å². The molecule has 0 bridgehead atoms. The van der Waals surface area contributed by atoms with Crippen molar-refractivity contribution in [2.45, 2.75) is 33.4 Å². The van der Waals surface area contributed by atoms with Gasteiger partial charge in [0, 0.05) is 18.8 Å². The first-order valence-corrected chi connectivity index (χ1v) is 7.90. The van der Waals surface area contributed by atoms with Crippen LogP contribution in [0.5, 0.6) is 0 Å². The molecule has 0 atom stereocenters. The Morgan fingerprint density at radius 2 is 2.08 bits per heavy atom. The minimum atomic E-state index is -0.0671. The second-order valence-electron chi connectivity index (χ2n) is 5.88. The predicted octanol–water partition coefficient (Wildman–Crippen LogP) is 3.32. The van der Waals surface area contributed by atoms with Crippen LogP contribution in [0.4, 0.5) is 0 Å². The molecule has 5 nitrogen and oxygen atoms in total. The Kier molecular flexibility index (Phi) is 5.91. The molecule has 24 heavy (non-hydrogen) atoms. The first-order chi connectivity index (χ1) is 11.5. The molecule has 1 aromatic carbocycles. The largest absolute Gasteiger partial charge is 0.330 e. The van der Waals surface area contributed by atoms with E-state index >= 15 is 0 Å². The smallest absolute Gasteiger partial charge is 0.257 e. The summed E-state index contributed by atoms with van der Waals surface area (Å²) in [6.45, 7) is 9.22. The van der Waals surface area contributed by atoms with Crippen LogP contribution in [0.2, 0.25) is 0 Å². The Hall–Kier alpha value is -2.87. The van der Waals surface area contributed by atoms with E-state index in [9.17, 15) is 4.79 Å². The first kappa shape index (κ1) is 17.5. The molecule has 0 spiro atoms. The monoisotopic (exact) mass is 322 g/mol. The molecule has 0 aliphatic rings. The van der Waals surface area contributed by atoms with Crippen molar-refractivity contribution in [3.8, 4) is 6.07 Å². The molecule has 0 aliphatic heterocycles. The van der Waals surface area contributed by atoms with Gasteiger partial charge in [-0.3, -0.25) is 9.48 Å². The molecular formula is C19H22N4O. The van der Waals surface area contributed by atoms with E-state index in [4.69, 9.17) is 5.26 Å². The number of carbonyl (C=O) groups excluding carboxylic acids is 1. The fourth-order valence-corrected chi connectivity index (χ4v) is 2.54. The van der Waals surface area contributed by atoms with Gasteiger partial charge in [0.05, 0.1) is 30.8 Å². The van der Waals surface area contributed by atoms with Gasteiger partial charge in [-0.05, 0) is 19.4 Å². The first-order valence-electron chi connectivity index (χ1n) is 7.90. The predicted molar refractivity (Wildman–Crippen MR) is 93.2 cm³/mol. The molecule has 0 radical (unpaired) electrons. The van der Waals surface area contributed by atoms with E-state index < -0.39 is 0 Å². The number of carbonyl (C=O) groups is 1. The van der Waals surface area contributed by atoms with Crippen LogP contribution in [0.3, 0.4) is 0 Å². The van der Waals surface area contributed by atoms with E-state index in [1.54, 1.807) is 15.8 Å². The second-order valence-corrected chi connectivity index (χ2v) is 5.88. The summed E-state index contributed by atoms with van der Waals surface area (Å²) in [7, 11) is 0. The van der Waals surface area contributed by atoms with Gasteiger partial charge in [0.25, 0.3) is 5.91 Å². The van der Waals surface area contributed by atoms with Gasteiger partial charge in [0.15, 0.2) is 0 Å². The summed E-state index contributed by atoms with van der Waals surface area (Å²) >= 11 is 0. The second kappa shape index (κ2) is 8.11. The van der Waals surface area contributed by atoms with Crippen LogP contribution >= 0.6 is 0 Å². The highest BCUT2D eigenvalue weighted by Gasteiger charge is 2.21. The van der Waals surface area contributed by atoms with Crippen LogP contribution < -0.4 is 0 Å². The summed E-state index contributed by atoms with van der Waals surface area (Å²) in [5, 5.41) is 12.9. The van der Waals surface area contributed by atoms with Crippen LogP contribution in [0.1, 0.15) is 35.0 Å². The van der Waals surface area contributed by atoms with Crippen LogP contribution in [-0.2, 0) is 13.1 Å². The highest BCUT2D eigenvalue weighted by molar-refractivity contribution is 5.95. The third-order valence-electron chi connectivity index (χ3n) is 3.73. The summed E-state index contributed by atoms with van der Waals surface area (Å²) in [4.78, 5) is 14.7. The summed E-state index contributed by atoms with van der Waals surface area (Å²) in [6, 6.07) is 12.0. The molecule has 1 amide bonds. The number of nitriles is 1. The number of nitrogens with zero attached hydrogens (tertiary/aromatic N) is 4. The molecule has 0 saturated heterocycles. The average molecular weight is 322 g/mol. The van der Waals surface area contributed by atoms with Crippen molar-refractivity contribution < 1.29 is 4.79 Å². The summed E-state index contributed by atoms with van der Waals surface area (Å²) < 4.78 is 1.71. The Morgan fingerprint density at radius 1 is 1.38 bits per heavy atom. The Morgan fingerprint density at radius 3 is 2.71 bits per heavy atom. The third-order valence-corrected chi connectivity index (χ3v) is 3.73. The Bertz CT molecular complexity index is 755. The number of benzene rings is 1. The van der Waals surface area contributed by atoms with Crippen LogP contribution in [0.25, 0.3) is 0 Å². The molecule has 5 heteroatoms.